The van der Waals surface area contributed by atoms with Crippen molar-refractivity contribution in [2.24, 2.45) is 4.99 Å². The van der Waals surface area contributed by atoms with E-state index in [1.807, 2.05) is 35.0 Å². The molecule has 126 valence electrons. The lowest BCUT2D eigenvalue weighted by Crippen LogP contribution is -2.39. The molecule has 1 aliphatic carbocycles. The highest BCUT2D eigenvalue weighted by Gasteiger charge is 2.26. The van der Waals surface area contributed by atoms with Crippen LogP contribution in [0.1, 0.15) is 30.3 Å². The van der Waals surface area contributed by atoms with E-state index in [0.29, 0.717) is 19.0 Å². The molecule has 0 atom stereocenters. The van der Waals surface area contributed by atoms with Gasteiger partial charge in [-0.3, -0.25) is 9.67 Å². The van der Waals surface area contributed by atoms with Crippen molar-refractivity contribution in [1.29, 1.82) is 0 Å². The maximum absolute atomic E-state index is 6.39. The summed E-state index contributed by atoms with van der Waals surface area (Å²) in [6.45, 7) is 1.35. The molecule has 1 saturated carbocycles. The maximum Gasteiger partial charge on any atom is 0.175 e. The number of anilines is 1. The Kier molecular flexibility index (Phi) is 3.38. The first kappa shape index (κ1) is 14.7. The Morgan fingerprint density at radius 3 is 2.92 bits per heavy atom. The highest BCUT2D eigenvalue weighted by Crippen LogP contribution is 2.39. The normalized spacial score (nSPS) is 18.6. The van der Waals surface area contributed by atoms with Gasteiger partial charge in [0.05, 0.1) is 23.8 Å². The van der Waals surface area contributed by atoms with E-state index in [2.05, 4.69) is 26.1 Å². The molecule has 0 amide bonds. The number of hydrogen-bond acceptors (Lipinski definition) is 4. The van der Waals surface area contributed by atoms with Gasteiger partial charge in [0.15, 0.2) is 5.82 Å². The molecule has 5 rings (SSSR count). The summed E-state index contributed by atoms with van der Waals surface area (Å²) in [4.78, 5) is 11.4. The van der Waals surface area contributed by atoms with E-state index < -0.39 is 0 Å². The Morgan fingerprint density at radius 2 is 2.08 bits per heavy atom. The molecule has 1 aliphatic heterocycles. The standard InChI is InChI=1S/C18H17ClN6/c19-13-3-1-2-4-15(13)24-10-17-20-7-8-25(17)18(11-24)21-16-9-14(22-23-16)12-5-6-12/h1-4,7-9,12H,5-6,10-11H2,(H,22,23). The van der Waals surface area contributed by atoms with Crippen molar-refractivity contribution in [3.8, 4) is 0 Å². The number of fused-ring (bicyclic) bond motifs is 1. The van der Waals surface area contributed by atoms with Gasteiger partial charge in [-0.15, -0.1) is 0 Å². The summed E-state index contributed by atoms with van der Waals surface area (Å²) in [6, 6.07) is 9.92. The first-order chi connectivity index (χ1) is 12.3. The molecule has 0 unspecified atom stereocenters. The molecule has 1 fully saturated rings. The summed E-state index contributed by atoms with van der Waals surface area (Å²) in [5.74, 6) is 3.20. The molecule has 25 heavy (non-hydrogen) atoms. The van der Waals surface area contributed by atoms with Gasteiger partial charge in [-0.1, -0.05) is 23.7 Å². The second kappa shape index (κ2) is 5.74. The second-order valence-electron chi connectivity index (χ2n) is 6.50. The number of benzene rings is 1. The van der Waals surface area contributed by atoms with Gasteiger partial charge in [0.2, 0.25) is 0 Å². The average Bonchev–Trinajstić information content (AvgIpc) is 3.17. The molecular weight excluding hydrogens is 336 g/mol. The summed E-state index contributed by atoms with van der Waals surface area (Å²) in [5, 5.41) is 8.20. The highest BCUT2D eigenvalue weighted by molar-refractivity contribution is 6.33. The van der Waals surface area contributed by atoms with Crippen LogP contribution in [0.5, 0.6) is 0 Å². The van der Waals surface area contributed by atoms with E-state index >= 15 is 0 Å². The van der Waals surface area contributed by atoms with E-state index in [0.717, 1.165) is 28.2 Å². The van der Waals surface area contributed by atoms with Gasteiger partial charge in [0.25, 0.3) is 0 Å². The zero-order valence-electron chi connectivity index (χ0n) is 13.6. The average molecular weight is 353 g/mol. The van der Waals surface area contributed by atoms with E-state index in [1.165, 1.54) is 18.5 Å². The fourth-order valence-corrected chi connectivity index (χ4v) is 3.50. The lowest BCUT2D eigenvalue weighted by molar-refractivity contribution is 0.753. The van der Waals surface area contributed by atoms with Crippen molar-refractivity contribution in [1.82, 2.24) is 19.7 Å². The van der Waals surface area contributed by atoms with Gasteiger partial charge in [-0.05, 0) is 25.0 Å². The van der Waals surface area contributed by atoms with Crippen LogP contribution in [-0.4, -0.2) is 32.1 Å². The zero-order chi connectivity index (χ0) is 16.8. The van der Waals surface area contributed by atoms with Crippen LogP contribution >= 0.6 is 11.6 Å². The molecule has 0 radical (unpaired) electrons. The smallest absolute Gasteiger partial charge is 0.175 e. The minimum atomic E-state index is 0.635. The lowest BCUT2D eigenvalue weighted by Gasteiger charge is -2.31. The lowest BCUT2D eigenvalue weighted by atomic mass is 10.2. The molecule has 1 N–H and O–H groups in total. The molecule has 7 heteroatoms. The molecule has 0 saturated heterocycles. The van der Waals surface area contributed by atoms with Crippen LogP contribution in [0.15, 0.2) is 47.7 Å². The molecule has 1 aromatic carbocycles. The highest BCUT2D eigenvalue weighted by atomic mass is 35.5. The van der Waals surface area contributed by atoms with Gasteiger partial charge in [-0.25, -0.2) is 9.98 Å². The number of halogens is 1. The second-order valence-corrected chi connectivity index (χ2v) is 6.91. The largest absolute Gasteiger partial charge is 0.355 e. The van der Waals surface area contributed by atoms with Gasteiger partial charge < -0.3 is 4.90 Å². The summed E-state index contributed by atoms with van der Waals surface area (Å²) in [5.41, 5.74) is 2.18. The predicted octanol–water partition coefficient (Wildman–Crippen LogP) is 3.74. The number of hydrogen-bond donors (Lipinski definition) is 1. The topological polar surface area (TPSA) is 62.1 Å². The van der Waals surface area contributed by atoms with E-state index in [1.54, 1.807) is 6.20 Å². The number of aliphatic imine (C=N–C) groups is 1. The minimum Gasteiger partial charge on any atom is -0.355 e. The Bertz CT molecular complexity index is 952. The van der Waals surface area contributed by atoms with Gasteiger partial charge >= 0.3 is 0 Å². The quantitative estimate of drug-likeness (QED) is 0.781. The molecule has 3 heterocycles. The number of aromatic nitrogens is 4. The van der Waals surface area contributed by atoms with Crippen LogP contribution < -0.4 is 4.90 Å². The minimum absolute atomic E-state index is 0.635. The van der Waals surface area contributed by atoms with Crippen molar-refractivity contribution in [2.45, 2.75) is 25.3 Å². The van der Waals surface area contributed by atoms with Crippen LogP contribution in [0.3, 0.4) is 0 Å². The molecule has 0 spiro atoms. The SMILES string of the molecule is Clc1ccccc1N1CC(=Nc2cc(C3CC3)[nH]n2)n2ccnc2C1. The van der Waals surface area contributed by atoms with E-state index in [9.17, 15) is 0 Å². The van der Waals surface area contributed by atoms with Gasteiger partial charge in [0, 0.05) is 30.1 Å². The van der Waals surface area contributed by atoms with Gasteiger partial charge in [-0.2, -0.15) is 5.10 Å². The molecule has 0 bridgehead atoms. The van der Waals surface area contributed by atoms with Gasteiger partial charge in [0.1, 0.15) is 11.7 Å². The number of rotatable bonds is 3. The Hall–Kier alpha value is -2.60. The summed E-state index contributed by atoms with van der Waals surface area (Å²) in [7, 11) is 0. The first-order valence-corrected chi connectivity index (χ1v) is 8.80. The summed E-state index contributed by atoms with van der Waals surface area (Å²) < 4.78 is 2.04. The molecule has 3 aromatic rings. The molecule has 6 nitrogen and oxygen atoms in total. The van der Waals surface area contributed by atoms with Crippen LogP contribution in [0.2, 0.25) is 5.02 Å². The van der Waals surface area contributed by atoms with Crippen molar-refractivity contribution in [3.05, 3.63) is 59.3 Å². The van der Waals surface area contributed by atoms with E-state index in [4.69, 9.17) is 16.6 Å². The fraction of sp³-hybridized carbons (Fsp3) is 0.278. The number of H-pyrrole nitrogens is 1. The van der Waals surface area contributed by atoms with Crippen molar-refractivity contribution >= 4 is 28.9 Å². The zero-order valence-corrected chi connectivity index (χ0v) is 14.3. The van der Waals surface area contributed by atoms with Crippen molar-refractivity contribution in [2.75, 3.05) is 11.4 Å². The first-order valence-electron chi connectivity index (χ1n) is 8.43. The number of aromatic amines is 1. The Morgan fingerprint density at radius 1 is 1.20 bits per heavy atom. The third kappa shape index (κ3) is 2.72. The monoisotopic (exact) mass is 352 g/mol. The van der Waals surface area contributed by atoms with Crippen LogP contribution in [0, 0.1) is 0 Å². The number of imidazole rings is 1. The third-order valence-corrected chi connectivity index (χ3v) is 5.02. The van der Waals surface area contributed by atoms with Crippen molar-refractivity contribution < 1.29 is 0 Å². The Balaban J connectivity index is 1.51. The van der Waals surface area contributed by atoms with Crippen LogP contribution in [0.25, 0.3) is 0 Å². The van der Waals surface area contributed by atoms with E-state index in [-0.39, 0.29) is 0 Å². The maximum atomic E-state index is 6.39. The molecule has 2 aliphatic rings. The van der Waals surface area contributed by atoms with Crippen molar-refractivity contribution in [3.63, 3.8) is 0 Å². The summed E-state index contributed by atoms with van der Waals surface area (Å²) >= 11 is 6.39. The predicted molar refractivity (Wildman–Crippen MR) is 97.8 cm³/mol. The number of para-hydroxylation sites is 1. The van der Waals surface area contributed by atoms with Crippen LogP contribution in [-0.2, 0) is 6.54 Å². The van der Waals surface area contributed by atoms with Crippen LogP contribution in [0.4, 0.5) is 11.5 Å². The molecular formula is C18H17ClN6. The number of nitrogens with zero attached hydrogens (tertiary/aromatic N) is 5. The molecule has 2 aromatic heterocycles. The Labute approximate surface area is 150 Å². The number of nitrogens with one attached hydrogen (secondary N) is 1. The fourth-order valence-electron chi connectivity index (χ4n) is 3.25. The third-order valence-electron chi connectivity index (χ3n) is 4.70. The summed E-state index contributed by atoms with van der Waals surface area (Å²) in [6.07, 6.45) is 6.24.